The van der Waals surface area contributed by atoms with Crippen molar-refractivity contribution in [1.82, 2.24) is 25.5 Å². The van der Waals surface area contributed by atoms with E-state index in [0.29, 0.717) is 27.8 Å². The van der Waals surface area contributed by atoms with Crippen molar-refractivity contribution >= 4 is 35.4 Å². The summed E-state index contributed by atoms with van der Waals surface area (Å²) in [6.45, 7) is 2.00. The number of hydrogen-bond acceptors (Lipinski definition) is 12. The van der Waals surface area contributed by atoms with Gasteiger partial charge in [-0.15, -0.1) is 5.10 Å². The van der Waals surface area contributed by atoms with Crippen LogP contribution in [0.5, 0.6) is 5.75 Å². The maximum absolute atomic E-state index is 13.3. The van der Waals surface area contributed by atoms with Crippen LogP contribution in [0.2, 0.25) is 0 Å². The Morgan fingerprint density at radius 1 is 0.906 bits per heavy atom. The van der Waals surface area contributed by atoms with E-state index in [2.05, 4.69) is 20.8 Å². The van der Waals surface area contributed by atoms with Gasteiger partial charge in [0.2, 0.25) is 11.1 Å². The minimum Gasteiger partial charge on any atom is -0.508 e. The van der Waals surface area contributed by atoms with Crippen LogP contribution in [0, 0.1) is 5.92 Å². The molecular weight excluding hydrogens is 701 g/mol. The van der Waals surface area contributed by atoms with E-state index in [0.717, 1.165) is 21.6 Å². The molecule has 5 atom stereocenters. The molecule has 3 N–H and O–H groups in total. The minimum atomic E-state index is -1.05. The first-order valence-corrected chi connectivity index (χ1v) is 17.9. The highest BCUT2D eigenvalue weighted by molar-refractivity contribution is 7.99. The number of hydrogen-bond donors (Lipinski definition) is 3. The number of imide groups is 1. The molecule has 2 aliphatic heterocycles. The zero-order valence-corrected chi connectivity index (χ0v) is 29.3. The normalized spacial score (nSPS) is 21.5. The van der Waals surface area contributed by atoms with Gasteiger partial charge in [0, 0.05) is 17.2 Å². The average Bonchev–Trinajstić information content (AvgIpc) is 3.77. The van der Waals surface area contributed by atoms with E-state index in [1.54, 1.807) is 53.2 Å². The van der Waals surface area contributed by atoms with Gasteiger partial charge in [0.05, 0.1) is 36.6 Å². The number of aliphatic hydroxyl groups excluding tert-OH is 1. The fraction of sp³-hybridized carbons (Fsp3) is 0.263. The van der Waals surface area contributed by atoms with E-state index in [-0.39, 0.29) is 43.5 Å². The Hall–Kier alpha value is -5.61. The Bertz CT molecular complexity index is 2050. The van der Waals surface area contributed by atoms with Crippen molar-refractivity contribution in [2.45, 2.75) is 56.3 Å². The molecule has 14 nitrogen and oxygen atoms in total. The van der Waals surface area contributed by atoms with Crippen molar-refractivity contribution in [2.75, 3.05) is 10.7 Å². The van der Waals surface area contributed by atoms with E-state index in [9.17, 15) is 24.6 Å². The zero-order valence-electron chi connectivity index (χ0n) is 28.5. The number of tetrazole rings is 1. The van der Waals surface area contributed by atoms with Crippen molar-refractivity contribution in [2.24, 2.45) is 5.92 Å². The number of phenols is 1. The van der Waals surface area contributed by atoms with Crippen LogP contribution in [0.15, 0.2) is 108 Å². The van der Waals surface area contributed by atoms with Gasteiger partial charge in [0.1, 0.15) is 18.4 Å². The van der Waals surface area contributed by atoms with Crippen molar-refractivity contribution < 1.29 is 38.8 Å². The molecule has 2 saturated heterocycles. The largest absolute Gasteiger partial charge is 0.508 e. The van der Waals surface area contributed by atoms with Crippen LogP contribution in [-0.4, -0.2) is 66.2 Å². The Morgan fingerprint density at radius 3 is 2.32 bits per heavy atom. The first-order chi connectivity index (χ1) is 25.8. The van der Waals surface area contributed by atoms with E-state index in [1.165, 1.54) is 11.8 Å². The smallest absolute Gasteiger partial charge is 0.408 e. The second-order valence-electron chi connectivity index (χ2n) is 12.6. The molecule has 5 unspecified atom stereocenters. The van der Waals surface area contributed by atoms with E-state index < -0.39 is 30.2 Å². The molecule has 3 heterocycles. The second-order valence-corrected chi connectivity index (χ2v) is 13.6. The predicted molar refractivity (Wildman–Crippen MR) is 192 cm³/mol. The third-order valence-corrected chi connectivity index (χ3v) is 10.1. The van der Waals surface area contributed by atoms with Crippen molar-refractivity contribution in [3.63, 3.8) is 0 Å². The Balaban J connectivity index is 1.05. The fourth-order valence-electron chi connectivity index (χ4n) is 6.19. The van der Waals surface area contributed by atoms with Crippen LogP contribution in [0.4, 0.5) is 10.5 Å². The molecule has 15 heteroatoms. The summed E-state index contributed by atoms with van der Waals surface area (Å²) in [6, 6.07) is 29.0. The zero-order chi connectivity index (χ0) is 36.9. The molecule has 0 bridgehead atoms. The molecule has 3 amide bonds. The molecule has 0 spiro atoms. The van der Waals surface area contributed by atoms with Crippen LogP contribution in [0.1, 0.15) is 48.0 Å². The quantitative estimate of drug-likeness (QED) is 0.122. The molecule has 1 aromatic heterocycles. The summed E-state index contributed by atoms with van der Waals surface area (Å²) in [6.07, 6.45) is -2.50. The molecule has 272 valence electrons. The summed E-state index contributed by atoms with van der Waals surface area (Å²) in [4.78, 5) is 39.7. The van der Waals surface area contributed by atoms with Gasteiger partial charge in [-0.05, 0) is 63.5 Å². The summed E-state index contributed by atoms with van der Waals surface area (Å²) >= 11 is 1.42. The van der Waals surface area contributed by atoms with Crippen molar-refractivity contribution in [1.29, 1.82) is 0 Å². The van der Waals surface area contributed by atoms with Crippen LogP contribution >= 0.6 is 11.8 Å². The number of aromatic nitrogens is 4. The predicted octanol–water partition coefficient (Wildman–Crippen LogP) is 5.00. The number of anilines is 1. The van der Waals surface area contributed by atoms with E-state index >= 15 is 0 Å². The first kappa shape index (κ1) is 35.8. The van der Waals surface area contributed by atoms with Crippen LogP contribution in [-0.2, 0) is 37.0 Å². The molecule has 2 aliphatic rings. The van der Waals surface area contributed by atoms with Crippen molar-refractivity contribution in [3.05, 3.63) is 125 Å². The highest BCUT2D eigenvalue weighted by Crippen LogP contribution is 2.43. The monoisotopic (exact) mass is 736 g/mol. The molecule has 0 saturated carbocycles. The van der Waals surface area contributed by atoms with Gasteiger partial charge in [0.15, 0.2) is 6.29 Å². The van der Waals surface area contributed by atoms with E-state index in [4.69, 9.17) is 14.2 Å². The van der Waals surface area contributed by atoms with Gasteiger partial charge in [0.25, 0.3) is 5.91 Å². The lowest BCUT2D eigenvalue weighted by molar-refractivity contribution is -0.268. The number of alkyl carbamates (subject to hydrolysis) is 1. The summed E-state index contributed by atoms with van der Waals surface area (Å²) < 4.78 is 20.0. The average molecular weight is 737 g/mol. The summed E-state index contributed by atoms with van der Waals surface area (Å²) in [5.74, 6) is -0.513. The number of phenolic OH excluding ortho intramolecular Hbond substituents is 1. The summed E-state index contributed by atoms with van der Waals surface area (Å²) in [5, 5.41) is 34.5. The first-order valence-electron chi connectivity index (χ1n) is 16.9. The lowest BCUT2D eigenvalue weighted by atomic mass is 9.91. The number of benzene rings is 4. The lowest BCUT2D eigenvalue weighted by Gasteiger charge is -2.41. The number of aromatic hydroxyl groups is 1. The molecule has 2 fully saturated rings. The summed E-state index contributed by atoms with van der Waals surface area (Å²) in [5.41, 5.74) is 4.19. The van der Waals surface area contributed by atoms with E-state index in [1.807, 2.05) is 61.5 Å². The molecule has 53 heavy (non-hydrogen) atoms. The third kappa shape index (κ3) is 8.08. The standard InChI is InChI=1S/C38H36N6O8S/c1-23-32(22-53-37-40-41-42-44(37)29-15-17-30(46)18-16-29)51-36(52-34(23)26-9-7-24(20-45)8-10-26)27-11-13-28(14-12-27)43-33(47)19-31(35(43)48)39-38(49)50-21-25-5-3-2-4-6-25/h2-18,23,31-32,34,36,45-46H,19-22H2,1H3,(H,39,49). The number of carbonyl (C=O) groups is 3. The Labute approximate surface area is 308 Å². The Morgan fingerprint density at radius 2 is 1.60 bits per heavy atom. The van der Waals surface area contributed by atoms with Gasteiger partial charge in [-0.1, -0.05) is 85.4 Å². The molecule has 0 aliphatic carbocycles. The third-order valence-electron chi connectivity index (χ3n) is 9.11. The number of thioether (sulfide) groups is 1. The maximum atomic E-state index is 13.3. The highest BCUT2D eigenvalue weighted by atomic mass is 32.2. The Kier molecular flexibility index (Phi) is 10.8. The molecular formula is C38H36N6O8S. The van der Waals surface area contributed by atoms with Gasteiger partial charge in [-0.2, -0.15) is 4.68 Å². The lowest BCUT2D eigenvalue weighted by Crippen LogP contribution is -2.42. The highest BCUT2D eigenvalue weighted by Gasteiger charge is 2.42. The summed E-state index contributed by atoms with van der Waals surface area (Å²) in [7, 11) is 0. The number of aliphatic hydroxyl groups is 1. The maximum Gasteiger partial charge on any atom is 0.408 e. The number of nitrogens with zero attached hydrogens (tertiary/aromatic N) is 5. The number of carbonyl (C=O) groups excluding carboxylic acids is 3. The molecule has 5 aromatic rings. The number of amides is 3. The minimum absolute atomic E-state index is 0.0315. The number of nitrogens with one attached hydrogen (secondary N) is 1. The molecule has 0 radical (unpaired) electrons. The molecule has 7 rings (SSSR count). The van der Waals surface area contributed by atoms with Gasteiger partial charge in [-0.25, -0.2) is 9.69 Å². The van der Waals surface area contributed by atoms with Crippen LogP contribution in [0.3, 0.4) is 0 Å². The number of rotatable bonds is 11. The number of ether oxygens (including phenoxy) is 3. The van der Waals surface area contributed by atoms with Crippen LogP contribution < -0.4 is 10.2 Å². The SMILES string of the molecule is CC1C(CSc2nnnn2-c2ccc(O)cc2)OC(c2ccc(N3C(=O)CC(NC(=O)OCc4ccccc4)C3=O)cc2)OC1c1ccc(CO)cc1. The van der Waals surface area contributed by atoms with Gasteiger partial charge >= 0.3 is 6.09 Å². The van der Waals surface area contributed by atoms with Crippen LogP contribution in [0.25, 0.3) is 5.69 Å². The van der Waals surface area contributed by atoms with Crippen molar-refractivity contribution in [3.8, 4) is 11.4 Å². The topological polar surface area (TPSA) is 178 Å². The van der Waals surface area contributed by atoms with Gasteiger partial charge < -0.3 is 29.7 Å². The van der Waals surface area contributed by atoms with Gasteiger partial charge in [-0.3, -0.25) is 9.59 Å². The second kappa shape index (κ2) is 16.0. The fourth-order valence-corrected chi connectivity index (χ4v) is 7.25. The molecule has 4 aromatic carbocycles.